The van der Waals surface area contributed by atoms with Crippen LogP contribution in [0.5, 0.6) is 0 Å². The molecule has 0 aromatic carbocycles. The summed E-state index contributed by atoms with van der Waals surface area (Å²) in [4.78, 5) is 18.7. The number of thiophene rings is 1. The number of rotatable bonds is 1. The van der Waals surface area contributed by atoms with Crippen molar-refractivity contribution in [3.63, 3.8) is 0 Å². The zero-order valence-corrected chi connectivity index (χ0v) is 16.5. The molecule has 2 aliphatic carbocycles. The fraction of sp³-hybridized carbons (Fsp3) is 0.600. The van der Waals surface area contributed by atoms with Gasteiger partial charge in [0.15, 0.2) is 0 Å². The van der Waals surface area contributed by atoms with Crippen molar-refractivity contribution in [3.05, 3.63) is 27.4 Å². The molecule has 3 nitrogen and oxygen atoms in total. The molecule has 6 atom stereocenters. The number of thiazole rings is 1. The fourth-order valence-corrected chi connectivity index (χ4v) is 7.66. The van der Waals surface area contributed by atoms with Gasteiger partial charge in [0.25, 0.3) is 0 Å². The molecule has 5 rings (SSSR count). The van der Waals surface area contributed by atoms with E-state index in [9.17, 15) is 4.79 Å². The van der Waals surface area contributed by atoms with Crippen LogP contribution in [0.3, 0.4) is 0 Å². The van der Waals surface area contributed by atoms with E-state index in [0.717, 1.165) is 17.8 Å². The van der Waals surface area contributed by atoms with Crippen molar-refractivity contribution in [1.29, 1.82) is 0 Å². The average Bonchev–Trinajstić information content (AvgIpc) is 3.27. The predicted molar refractivity (Wildman–Crippen MR) is 101 cm³/mol. The number of carbonyl (C=O) groups is 1. The lowest BCUT2D eigenvalue weighted by Gasteiger charge is -2.51. The third-order valence-corrected chi connectivity index (χ3v) is 8.73. The Hall–Kier alpha value is -1.20. The third-order valence-electron chi connectivity index (χ3n) is 6.93. The Kier molecular flexibility index (Phi) is 3.46. The summed E-state index contributed by atoms with van der Waals surface area (Å²) in [5, 5.41) is 5.44. The lowest BCUT2D eigenvalue weighted by atomic mass is 9.54. The summed E-state index contributed by atoms with van der Waals surface area (Å²) in [5.74, 6) is 1.20. The van der Waals surface area contributed by atoms with Gasteiger partial charge in [-0.3, -0.25) is 4.79 Å². The molecule has 2 aromatic heterocycles. The van der Waals surface area contributed by atoms with E-state index in [2.05, 4.69) is 30.7 Å². The normalized spacial score (nSPS) is 39.5. The van der Waals surface area contributed by atoms with Crippen molar-refractivity contribution in [1.82, 2.24) is 4.98 Å². The van der Waals surface area contributed by atoms with Crippen LogP contribution < -0.4 is 0 Å². The molecule has 1 saturated heterocycles. The molecule has 132 valence electrons. The highest BCUT2D eigenvalue weighted by Gasteiger charge is 2.58. The number of hydrogen-bond acceptors (Lipinski definition) is 5. The summed E-state index contributed by atoms with van der Waals surface area (Å²) in [6, 6.07) is 2.16. The van der Waals surface area contributed by atoms with Crippen LogP contribution in [0.15, 0.2) is 16.8 Å². The van der Waals surface area contributed by atoms with E-state index in [-0.39, 0.29) is 23.4 Å². The molecule has 0 N–H and O–H groups in total. The number of carbonyl (C=O) groups excluding carboxylic acids is 1. The van der Waals surface area contributed by atoms with Gasteiger partial charge in [0, 0.05) is 33.6 Å². The van der Waals surface area contributed by atoms with Crippen molar-refractivity contribution < 1.29 is 9.53 Å². The highest BCUT2D eigenvalue weighted by atomic mass is 32.1. The van der Waals surface area contributed by atoms with Crippen LogP contribution in [0.4, 0.5) is 0 Å². The van der Waals surface area contributed by atoms with Crippen LogP contribution in [0, 0.1) is 23.2 Å². The Morgan fingerprint density at radius 2 is 2.16 bits per heavy atom. The molecule has 1 aliphatic heterocycles. The van der Waals surface area contributed by atoms with Gasteiger partial charge in [0.2, 0.25) is 0 Å². The summed E-state index contributed by atoms with van der Waals surface area (Å²) >= 11 is 3.59. The SMILES string of the molecule is CC1C(=O)OC2C1CCC1(C)Cc3sc(-c4ccsc4)nc3C(C)C21. The summed E-state index contributed by atoms with van der Waals surface area (Å²) in [7, 11) is 0. The second-order valence-electron chi connectivity index (χ2n) is 8.38. The van der Waals surface area contributed by atoms with E-state index in [4.69, 9.17) is 9.72 Å². The summed E-state index contributed by atoms with van der Waals surface area (Å²) < 4.78 is 5.92. The van der Waals surface area contributed by atoms with E-state index < -0.39 is 0 Å². The maximum atomic E-state index is 12.2. The second kappa shape index (κ2) is 5.40. The quantitative estimate of drug-likeness (QED) is 0.651. The number of nitrogens with zero attached hydrogens (tertiary/aromatic N) is 1. The zero-order chi connectivity index (χ0) is 17.3. The van der Waals surface area contributed by atoms with Crippen LogP contribution in [0.1, 0.15) is 50.1 Å². The van der Waals surface area contributed by atoms with Gasteiger partial charge in [-0.15, -0.1) is 11.3 Å². The molecular formula is C20H23NO2S2. The smallest absolute Gasteiger partial charge is 0.309 e. The van der Waals surface area contributed by atoms with E-state index in [1.165, 1.54) is 22.6 Å². The molecule has 0 amide bonds. The molecule has 25 heavy (non-hydrogen) atoms. The van der Waals surface area contributed by atoms with E-state index >= 15 is 0 Å². The Balaban J connectivity index is 1.56. The Morgan fingerprint density at radius 1 is 1.32 bits per heavy atom. The molecule has 0 spiro atoms. The maximum absolute atomic E-state index is 12.2. The Bertz CT molecular complexity index is 827. The van der Waals surface area contributed by atoms with Gasteiger partial charge in [-0.25, -0.2) is 4.98 Å². The first-order valence-corrected chi connectivity index (χ1v) is 11.0. The summed E-state index contributed by atoms with van der Waals surface area (Å²) in [6.07, 6.45) is 3.46. The van der Waals surface area contributed by atoms with Gasteiger partial charge in [0.1, 0.15) is 11.1 Å². The number of aromatic nitrogens is 1. The number of hydrogen-bond donors (Lipinski definition) is 0. The highest BCUT2D eigenvalue weighted by Crippen LogP contribution is 2.59. The van der Waals surface area contributed by atoms with Crippen LogP contribution in [-0.2, 0) is 16.0 Å². The van der Waals surface area contributed by atoms with Crippen LogP contribution in [0.25, 0.3) is 10.6 Å². The topological polar surface area (TPSA) is 39.2 Å². The number of ether oxygens (including phenoxy) is 1. The Labute approximate surface area is 156 Å². The summed E-state index contributed by atoms with van der Waals surface area (Å²) in [5.41, 5.74) is 2.71. The largest absolute Gasteiger partial charge is 0.461 e. The first kappa shape index (κ1) is 16.0. The standard InChI is InChI=1S/C20H23NO2S2/c1-10-13-4-6-20(3)8-14-16(11(2)15(20)17(13)23-19(10)22)21-18(25-14)12-5-7-24-9-12/h5,7,9-11,13,15,17H,4,6,8H2,1-3H3. The van der Waals surface area contributed by atoms with E-state index in [1.54, 1.807) is 11.3 Å². The molecule has 2 aromatic rings. The van der Waals surface area contributed by atoms with Crippen LogP contribution >= 0.6 is 22.7 Å². The molecule has 6 unspecified atom stereocenters. The molecule has 5 heteroatoms. The lowest BCUT2D eigenvalue weighted by molar-refractivity contribution is -0.149. The summed E-state index contributed by atoms with van der Waals surface area (Å²) in [6.45, 7) is 6.76. The second-order valence-corrected chi connectivity index (χ2v) is 10.2. The maximum Gasteiger partial charge on any atom is 0.309 e. The van der Waals surface area contributed by atoms with Gasteiger partial charge in [-0.05, 0) is 36.1 Å². The van der Waals surface area contributed by atoms with Gasteiger partial charge in [-0.2, -0.15) is 11.3 Å². The molecule has 2 fully saturated rings. The van der Waals surface area contributed by atoms with Crippen LogP contribution in [0.2, 0.25) is 0 Å². The van der Waals surface area contributed by atoms with Crippen LogP contribution in [-0.4, -0.2) is 17.1 Å². The predicted octanol–water partition coefficient (Wildman–Crippen LogP) is 5.13. The molecule has 1 saturated carbocycles. The average molecular weight is 374 g/mol. The molecule has 3 heterocycles. The number of esters is 1. The van der Waals surface area contributed by atoms with Crippen molar-refractivity contribution in [2.45, 2.75) is 52.1 Å². The van der Waals surface area contributed by atoms with Crippen molar-refractivity contribution in [2.24, 2.45) is 23.2 Å². The van der Waals surface area contributed by atoms with Gasteiger partial charge < -0.3 is 4.74 Å². The van der Waals surface area contributed by atoms with Crippen molar-refractivity contribution in [3.8, 4) is 10.6 Å². The minimum atomic E-state index is 0.00878. The lowest BCUT2D eigenvalue weighted by Crippen LogP contribution is -2.50. The zero-order valence-electron chi connectivity index (χ0n) is 14.8. The first-order valence-electron chi connectivity index (χ1n) is 9.20. The van der Waals surface area contributed by atoms with Gasteiger partial charge in [-0.1, -0.05) is 20.8 Å². The van der Waals surface area contributed by atoms with Crippen molar-refractivity contribution >= 4 is 28.6 Å². The van der Waals surface area contributed by atoms with Crippen molar-refractivity contribution in [2.75, 3.05) is 0 Å². The first-order chi connectivity index (χ1) is 12.0. The number of fused-ring (bicyclic) bond motifs is 4. The molecule has 3 aliphatic rings. The minimum Gasteiger partial charge on any atom is -0.461 e. The van der Waals surface area contributed by atoms with E-state index in [0.29, 0.717) is 17.8 Å². The molecular weight excluding hydrogens is 350 g/mol. The van der Waals surface area contributed by atoms with Gasteiger partial charge in [0.05, 0.1) is 11.6 Å². The Morgan fingerprint density at radius 3 is 2.92 bits per heavy atom. The fourth-order valence-electron chi connectivity index (χ4n) is 5.59. The minimum absolute atomic E-state index is 0.00878. The third kappa shape index (κ3) is 2.21. The molecule has 0 bridgehead atoms. The molecule has 0 radical (unpaired) electrons. The van der Waals surface area contributed by atoms with E-state index in [1.807, 2.05) is 18.3 Å². The monoisotopic (exact) mass is 373 g/mol. The highest BCUT2D eigenvalue weighted by molar-refractivity contribution is 7.15. The van der Waals surface area contributed by atoms with Gasteiger partial charge >= 0.3 is 5.97 Å².